The van der Waals surface area contributed by atoms with Crippen molar-refractivity contribution >= 4 is 23.2 Å². The van der Waals surface area contributed by atoms with Gasteiger partial charge in [0.05, 0.1) is 24.4 Å². The van der Waals surface area contributed by atoms with E-state index < -0.39 is 0 Å². The van der Waals surface area contributed by atoms with Crippen LogP contribution in [0.5, 0.6) is 11.5 Å². The zero-order valence-electron chi connectivity index (χ0n) is 14.3. The second-order valence-electron chi connectivity index (χ2n) is 6.25. The summed E-state index contributed by atoms with van der Waals surface area (Å²) >= 11 is 5.93. The highest BCUT2D eigenvalue weighted by Crippen LogP contribution is 2.37. The molecule has 4 rings (SSSR count). The van der Waals surface area contributed by atoms with Gasteiger partial charge in [-0.3, -0.25) is 4.79 Å². The van der Waals surface area contributed by atoms with Crippen molar-refractivity contribution in [3.8, 4) is 11.5 Å². The van der Waals surface area contributed by atoms with Gasteiger partial charge in [0.1, 0.15) is 0 Å². The average Bonchev–Trinajstić information content (AvgIpc) is 3.04. The molecule has 1 unspecified atom stereocenters. The first kappa shape index (κ1) is 16.7. The monoisotopic (exact) mass is 372 g/mol. The highest BCUT2D eigenvalue weighted by molar-refractivity contribution is 6.30. The molecule has 1 amide bonds. The van der Waals surface area contributed by atoms with Crippen LogP contribution in [0, 0.1) is 0 Å². The summed E-state index contributed by atoms with van der Waals surface area (Å²) in [6.07, 6.45) is 3.79. The number of nitrogens with zero attached hydrogens (tertiary/aromatic N) is 4. The molecular weight excluding hydrogens is 356 g/mol. The summed E-state index contributed by atoms with van der Waals surface area (Å²) in [5, 5.41) is 14.7. The number of ether oxygens (including phenoxy) is 1. The van der Waals surface area contributed by atoms with Crippen molar-refractivity contribution in [3.05, 3.63) is 52.4 Å². The van der Waals surface area contributed by atoms with Crippen molar-refractivity contribution in [1.82, 2.24) is 19.5 Å². The van der Waals surface area contributed by atoms with Crippen LogP contribution >= 0.6 is 11.6 Å². The van der Waals surface area contributed by atoms with Crippen LogP contribution in [-0.2, 0) is 6.42 Å². The van der Waals surface area contributed by atoms with E-state index in [1.165, 1.54) is 17.8 Å². The predicted octanol–water partition coefficient (Wildman–Crippen LogP) is 2.86. The van der Waals surface area contributed by atoms with Crippen molar-refractivity contribution in [2.75, 3.05) is 13.7 Å². The summed E-state index contributed by atoms with van der Waals surface area (Å²) in [6.45, 7) is 2.50. The van der Waals surface area contributed by atoms with Gasteiger partial charge in [-0.05, 0) is 36.6 Å². The lowest BCUT2D eigenvalue weighted by molar-refractivity contribution is 0.0671. The van der Waals surface area contributed by atoms with Crippen molar-refractivity contribution in [3.63, 3.8) is 0 Å². The number of rotatable bonds is 2. The van der Waals surface area contributed by atoms with Crippen LogP contribution < -0.4 is 4.74 Å². The normalized spacial score (nSPS) is 16.6. The zero-order valence-corrected chi connectivity index (χ0v) is 15.1. The number of aromatic hydroxyl groups is 1. The minimum Gasteiger partial charge on any atom is -0.504 e. The Morgan fingerprint density at radius 3 is 2.96 bits per heavy atom. The second-order valence-corrected chi connectivity index (χ2v) is 6.69. The van der Waals surface area contributed by atoms with Gasteiger partial charge in [0.2, 0.25) is 0 Å². The summed E-state index contributed by atoms with van der Waals surface area (Å²) in [6, 6.07) is 4.99. The molecule has 7 nitrogen and oxygen atoms in total. The van der Waals surface area contributed by atoms with Gasteiger partial charge >= 0.3 is 0 Å². The number of hydrogen-bond acceptors (Lipinski definition) is 5. The fourth-order valence-electron chi connectivity index (χ4n) is 3.38. The number of aromatic nitrogens is 3. The lowest BCUT2D eigenvalue weighted by Crippen LogP contribution is -2.39. The van der Waals surface area contributed by atoms with Crippen LogP contribution in [0.3, 0.4) is 0 Å². The number of hydrogen-bond donors (Lipinski definition) is 1. The number of halogens is 1. The number of amides is 1. The Bertz CT molecular complexity index is 1020. The van der Waals surface area contributed by atoms with E-state index in [1.807, 2.05) is 6.92 Å². The summed E-state index contributed by atoms with van der Waals surface area (Å²) in [4.78, 5) is 18.9. The Labute approximate surface area is 154 Å². The Morgan fingerprint density at radius 1 is 1.38 bits per heavy atom. The fraction of sp³-hybridized carbons (Fsp3) is 0.278. The van der Waals surface area contributed by atoms with Gasteiger partial charge in [0, 0.05) is 18.8 Å². The molecule has 0 spiro atoms. The molecule has 0 bridgehead atoms. The third-order valence-corrected chi connectivity index (χ3v) is 4.94. The minimum absolute atomic E-state index is 0.113. The second kappa shape index (κ2) is 6.17. The number of benzene rings is 1. The van der Waals surface area contributed by atoms with E-state index in [1.54, 1.807) is 29.3 Å². The Hall–Kier alpha value is -2.80. The Morgan fingerprint density at radius 2 is 2.19 bits per heavy atom. The molecule has 2 aromatic heterocycles. The minimum atomic E-state index is -0.170. The molecule has 0 aliphatic carbocycles. The quantitative estimate of drug-likeness (QED) is 0.748. The maximum atomic E-state index is 13.0. The summed E-state index contributed by atoms with van der Waals surface area (Å²) in [7, 11) is 1.51. The lowest BCUT2D eigenvalue weighted by Gasteiger charge is -2.35. The first-order valence-corrected chi connectivity index (χ1v) is 8.57. The summed E-state index contributed by atoms with van der Waals surface area (Å²) in [5.74, 6) is 0.342. The molecule has 1 aliphatic heterocycles. The predicted molar refractivity (Wildman–Crippen MR) is 95.8 cm³/mol. The van der Waals surface area contributed by atoms with Crippen LogP contribution in [0.4, 0.5) is 0 Å². The zero-order chi connectivity index (χ0) is 18.4. The molecule has 0 saturated carbocycles. The molecule has 0 radical (unpaired) electrons. The highest BCUT2D eigenvalue weighted by atomic mass is 35.5. The molecule has 26 heavy (non-hydrogen) atoms. The number of fused-ring (bicyclic) bond motifs is 2. The topological polar surface area (TPSA) is 80.0 Å². The molecule has 134 valence electrons. The third kappa shape index (κ3) is 2.64. The Balaban J connectivity index is 1.68. The van der Waals surface area contributed by atoms with Crippen molar-refractivity contribution in [2.45, 2.75) is 19.4 Å². The van der Waals surface area contributed by atoms with Crippen LogP contribution in [0.1, 0.15) is 34.6 Å². The van der Waals surface area contributed by atoms with Crippen molar-refractivity contribution < 1.29 is 14.6 Å². The van der Waals surface area contributed by atoms with E-state index in [4.69, 9.17) is 16.3 Å². The number of phenolic OH excluding ortho intramolecular Hbond substituents is 1. The molecule has 1 aliphatic rings. The molecule has 1 atom stereocenters. The van der Waals surface area contributed by atoms with Crippen LogP contribution in [-0.4, -0.2) is 44.2 Å². The standard InChI is InChI=1S/C18H17ClN4O3/c1-10-13-6-16(26-2)15(24)5-11(13)3-4-22(10)18(25)14-7-17-20-8-12(19)9-23(17)21-14/h5-10,24H,3-4H2,1-2H3. The summed E-state index contributed by atoms with van der Waals surface area (Å²) < 4.78 is 6.70. The molecular formula is C18H17ClN4O3. The van der Waals surface area contributed by atoms with Crippen molar-refractivity contribution in [2.24, 2.45) is 0 Å². The number of methoxy groups -OCH3 is 1. The Kier molecular flexibility index (Phi) is 3.96. The van der Waals surface area contributed by atoms with Gasteiger partial charge in [-0.25, -0.2) is 9.50 Å². The first-order chi connectivity index (χ1) is 12.5. The number of carbonyl (C=O) groups is 1. The van der Waals surface area contributed by atoms with Gasteiger partial charge in [-0.15, -0.1) is 0 Å². The van der Waals surface area contributed by atoms with Crippen LogP contribution in [0.25, 0.3) is 5.65 Å². The molecule has 1 N–H and O–H groups in total. The third-order valence-electron chi connectivity index (χ3n) is 4.74. The average molecular weight is 373 g/mol. The van der Waals surface area contributed by atoms with Gasteiger partial charge in [0.15, 0.2) is 22.8 Å². The maximum absolute atomic E-state index is 13.0. The van der Waals surface area contributed by atoms with Gasteiger partial charge < -0.3 is 14.7 Å². The lowest BCUT2D eigenvalue weighted by atomic mass is 9.92. The first-order valence-electron chi connectivity index (χ1n) is 8.19. The maximum Gasteiger partial charge on any atom is 0.274 e. The molecule has 3 aromatic rings. The van der Waals surface area contributed by atoms with Crippen molar-refractivity contribution in [1.29, 1.82) is 0 Å². The molecule has 0 saturated heterocycles. The SMILES string of the molecule is COc1cc2c(cc1O)CCN(C(=O)c1cc3ncc(Cl)cn3n1)C2C. The van der Waals surface area contributed by atoms with Gasteiger partial charge in [0.25, 0.3) is 5.91 Å². The number of carbonyl (C=O) groups excluding carboxylic acids is 1. The molecule has 8 heteroatoms. The van der Waals surface area contributed by atoms with Crippen LogP contribution in [0.2, 0.25) is 5.02 Å². The summed E-state index contributed by atoms with van der Waals surface area (Å²) in [5.41, 5.74) is 2.86. The fourth-order valence-corrected chi connectivity index (χ4v) is 3.52. The smallest absolute Gasteiger partial charge is 0.274 e. The van der Waals surface area contributed by atoms with E-state index in [2.05, 4.69) is 10.1 Å². The van der Waals surface area contributed by atoms with E-state index in [-0.39, 0.29) is 17.7 Å². The highest BCUT2D eigenvalue weighted by Gasteiger charge is 2.30. The molecule has 1 aromatic carbocycles. The number of phenols is 1. The van der Waals surface area contributed by atoms with Gasteiger partial charge in [-0.1, -0.05) is 11.6 Å². The largest absolute Gasteiger partial charge is 0.504 e. The van der Waals surface area contributed by atoms with Crippen LogP contribution in [0.15, 0.2) is 30.6 Å². The van der Waals surface area contributed by atoms with Gasteiger partial charge in [-0.2, -0.15) is 5.10 Å². The van der Waals surface area contributed by atoms with E-state index >= 15 is 0 Å². The van der Waals surface area contributed by atoms with E-state index in [9.17, 15) is 9.90 Å². The molecule has 3 heterocycles. The van der Waals surface area contributed by atoms with E-state index in [0.717, 1.165) is 11.1 Å². The van der Waals surface area contributed by atoms with E-state index in [0.29, 0.717) is 35.1 Å². The molecule has 0 fully saturated rings.